The molecule has 0 saturated heterocycles. The predicted octanol–water partition coefficient (Wildman–Crippen LogP) is 29.4. The third-order valence-electron chi connectivity index (χ3n) is 30.3. The van der Waals surface area contributed by atoms with Crippen LogP contribution in [0.2, 0.25) is 10.0 Å². The van der Waals surface area contributed by atoms with E-state index in [0.29, 0.717) is 87.5 Å². The van der Waals surface area contributed by atoms with Gasteiger partial charge in [0.25, 0.3) is 0 Å². The lowest BCUT2D eigenvalue weighted by atomic mass is 9.84. The number of para-hydroxylation sites is 2. The molecule has 15 aromatic carbocycles. The van der Waals surface area contributed by atoms with Gasteiger partial charge in [0.05, 0.1) is 61.2 Å². The molecule has 26 rings (SSSR count). The molecule has 0 spiro atoms. The summed E-state index contributed by atoms with van der Waals surface area (Å²) in [5.74, 6) is 7.33. The van der Waals surface area contributed by atoms with Crippen LogP contribution in [0.1, 0.15) is 160 Å². The molecule has 15 aromatic rings. The Balaban J connectivity index is 0.000000104. The monoisotopic (exact) mass is 2290 g/mol. The van der Waals surface area contributed by atoms with Gasteiger partial charge in [0.2, 0.25) is 35.8 Å². The Bertz CT molecular complexity index is 7760. The van der Waals surface area contributed by atoms with Crippen molar-refractivity contribution in [2.45, 2.75) is 157 Å². The van der Waals surface area contributed by atoms with Crippen molar-refractivity contribution in [2.75, 3.05) is 80.2 Å². The fraction of sp³-hybridized carbons (Fsp3) is 0.256. The fourth-order valence-corrected chi connectivity index (χ4v) is 27.7. The topological polar surface area (TPSA) is 267 Å². The average Bonchev–Trinajstić information content (AvgIpc) is 1.59. The molecule has 27 heteroatoms. The van der Waals surface area contributed by atoms with E-state index >= 15 is 0 Å². The van der Waals surface area contributed by atoms with Crippen LogP contribution in [0, 0.1) is 20.8 Å². The van der Waals surface area contributed by atoms with Gasteiger partial charge in [-0.3, -0.25) is 4.21 Å². The fourth-order valence-electron chi connectivity index (χ4n) is 23.6. The van der Waals surface area contributed by atoms with E-state index in [1.54, 1.807) is 18.2 Å². The molecule has 11 aliphatic rings. The molecule has 0 bridgehead atoms. The molecule has 752 valence electrons. The average molecular weight is 2300 g/mol. The van der Waals surface area contributed by atoms with Gasteiger partial charge in [-0.15, -0.1) is 11.8 Å². The molecular formula is C121H118Br4Cl2N18OS2. The van der Waals surface area contributed by atoms with E-state index in [9.17, 15) is 4.21 Å². The zero-order valence-corrected chi connectivity index (χ0v) is 92.6. The maximum atomic E-state index is 12.3. The summed E-state index contributed by atoms with van der Waals surface area (Å²) in [6.45, 7) is 11.8. The Morgan fingerprint density at radius 3 is 1.21 bits per heavy atom. The summed E-state index contributed by atoms with van der Waals surface area (Å²) in [5, 5.41) is 8.60. The zero-order chi connectivity index (χ0) is 102. The summed E-state index contributed by atoms with van der Waals surface area (Å²) in [7, 11) is -0.993. The molecule has 12 N–H and O–H groups in total. The van der Waals surface area contributed by atoms with Crippen LogP contribution in [0.3, 0.4) is 0 Å². The number of fused-ring (bicyclic) bond motifs is 4. The van der Waals surface area contributed by atoms with Crippen LogP contribution < -0.4 is 63.8 Å². The molecule has 0 aromatic heterocycles. The molecule has 5 unspecified atom stereocenters. The Hall–Kier alpha value is -12.3. The molecular weight excluding hydrogens is 2180 g/mol. The maximum Gasteiger partial charge on any atom is 0.201 e. The van der Waals surface area contributed by atoms with Crippen molar-refractivity contribution < 1.29 is 4.21 Å². The number of halogens is 6. The van der Waals surface area contributed by atoms with Crippen LogP contribution in [-0.2, 0) is 49.3 Å². The Morgan fingerprint density at radius 2 is 0.696 bits per heavy atom. The Morgan fingerprint density at radius 1 is 0.324 bits per heavy atom. The molecule has 0 radical (unpaired) electrons. The summed E-state index contributed by atoms with van der Waals surface area (Å²) < 4.78 is 16.0. The van der Waals surface area contributed by atoms with Crippen molar-refractivity contribution in [2.24, 2.45) is 64.4 Å². The quantitative estimate of drug-likeness (QED) is 0.0668. The first-order valence-electron chi connectivity index (χ1n) is 51.2. The molecule has 6 aliphatic heterocycles. The third kappa shape index (κ3) is 21.4. The van der Waals surface area contributed by atoms with E-state index in [-0.39, 0.29) is 0 Å². The zero-order valence-electron chi connectivity index (χ0n) is 83.1. The molecule has 5 aliphatic carbocycles. The van der Waals surface area contributed by atoms with Crippen molar-refractivity contribution in [3.8, 4) is 0 Å². The van der Waals surface area contributed by atoms with Gasteiger partial charge < -0.3 is 63.8 Å². The minimum absolute atomic E-state index is 0.398. The van der Waals surface area contributed by atoms with Gasteiger partial charge in [0, 0.05) is 140 Å². The summed E-state index contributed by atoms with van der Waals surface area (Å²) >= 11 is 27.9. The molecule has 0 saturated carbocycles. The smallest absolute Gasteiger partial charge is 0.201 e. The largest absolute Gasteiger partial charge is 0.369 e. The van der Waals surface area contributed by atoms with Crippen molar-refractivity contribution in [3.05, 3.63) is 373 Å². The van der Waals surface area contributed by atoms with Gasteiger partial charge in [0.1, 0.15) is 0 Å². The van der Waals surface area contributed by atoms with Crippen LogP contribution >= 0.6 is 98.7 Å². The number of guanidine groups is 6. The number of aryl methyl sites for hydroxylation is 9. The highest BCUT2D eigenvalue weighted by atomic mass is 79.9. The van der Waals surface area contributed by atoms with Crippen LogP contribution in [0.15, 0.2) is 331 Å². The van der Waals surface area contributed by atoms with E-state index in [1.165, 1.54) is 198 Å². The second-order valence-electron chi connectivity index (χ2n) is 39.6. The van der Waals surface area contributed by atoms with Gasteiger partial charge in [-0.2, -0.15) is 0 Å². The lowest BCUT2D eigenvalue weighted by Gasteiger charge is -2.23. The van der Waals surface area contributed by atoms with Gasteiger partial charge in [-0.05, 0) is 371 Å². The van der Waals surface area contributed by atoms with Crippen LogP contribution in [0.4, 0.5) is 68.2 Å². The SMILES string of the molecule is Cc1ccc(N=C(N)N2CC3CCCc4cccc2c43)c2ccccc12.Cc1cccc2c(N=C(N)N3CC4CCCc5cccc3c54)ccc(C)c12.NC(=Nc1cc(Br)ccc1Br)N1CCCS(=O)c2ccccc21.NC(=Nc1cc(Br)ccc1Br)N1CCCSc2ccccc21.NC(=Nc1cc(Cl)cc(Cl)c1)N1CC2CCCc3cccc1c32.NC(=Nc1ccc2c3c(cccc13)CC2)N1CC2CCCc3cccc1c32. The molecule has 0 amide bonds. The molecule has 148 heavy (non-hydrogen) atoms. The Kier molecular flexibility index (Phi) is 30.8. The number of aliphatic imine (C=N–C) groups is 6. The lowest BCUT2D eigenvalue weighted by molar-refractivity contribution is 0.584. The first kappa shape index (κ1) is 102. The maximum absolute atomic E-state index is 12.3. The molecule has 5 atom stereocenters. The standard InChI is InChI=1S/C24H23N3.C24H25N3.C23H23N3.C18H17Cl2N3.C16H15Br2N3OS.C16H15Br2N3S/c25-24(27-14-18-7-1-4-15-6-3-9-21(27)23(15)18)26-20-13-12-17-11-10-16-5-2-8-19(20)22(16)17;1-15-6-3-10-19-20(13-12-16(2)22(15)19)26-24(25)27-14-18-9-4-7-17-8-5-11-21(27)23(17)18;1-15-12-13-20(19-10-3-2-9-18(15)19)25-23(24)26-14-17-8-4-6-16-7-5-11-21(26)22(16)17;19-13-7-14(20)9-15(8-13)22-18(21)23-10-12-5-1-3-11-4-2-6-16(23)17(11)12;17-11-6-7-12(18)13(10-11)20-16(19)21-8-3-9-23(22)15-5-2-1-4-14(15)21;17-11-6-7-12(18)13(10-11)20-16(19)21-8-3-9-22-15-5-2-1-4-14(15)21/h2-3,5-6,8-9,12-13,18H,1,4,7,10-11,14H2,(H2,25,26);3,5-6,8,10-13,18H,4,7,9,14H2,1-2H3,(H2,25,26);2-3,5,7,9-13,17H,4,6,8,14H2,1H3,(H2,24,25);2,4,6-9,12H,1,3,5,10H2,(H2,21,22);1-2,4-7,10H,3,8-9H2,(H2,19,20);1-2,4-7,10H,3,8-9H2,(H2,19,20). The van der Waals surface area contributed by atoms with E-state index in [4.69, 9.17) is 72.6 Å². The molecule has 0 fully saturated rings. The van der Waals surface area contributed by atoms with E-state index < -0.39 is 10.8 Å². The molecule has 6 heterocycles. The second-order valence-corrected chi connectivity index (χ2v) is 46.7. The Labute approximate surface area is 916 Å². The second kappa shape index (κ2) is 44.9. The highest BCUT2D eigenvalue weighted by molar-refractivity contribution is 9.11. The number of nitrogens with two attached hydrogens (primary N) is 6. The molecule has 19 nitrogen and oxygen atoms in total. The van der Waals surface area contributed by atoms with Crippen molar-refractivity contribution in [3.63, 3.8) is 0 Å². The van der Waals surface area contributed by atoms with Crippen molar-refractivity contribution in [1.29, 1.82) is 0 Å². The number of nitrogens with zero attached hydrogens (tertiary/aromatic N) is 12. The highest BCUT2D eigenvalue weighted by Gasteiger charge is 2.40. The van der Waals surface area contributed by atoms with Gasteiger partial charge in [-0.25, -0.2) is 30.0 Å². The van der Waals surface area contributed by atoms with Gasteiger partial charge >= 0.3 is 0 Å². The first-order chi connectivity index (χ1) is 72.0. The van der Waals surface area contributed by atoms with E-state index in [2.05, 4.69) is 312 Å². The van der Waals surface area contributed by atoms with Crippen LogP contribution in [-0.4, -0.2) is 90.7 Å². The normalized spacial score (nSPS) is 18.7. The van der Waals surface area contributed by atoms with E-state index in [0.717, 1.165) is 139 Å². The minimum atomic E-state index is -0.993. The van der Waals surface area contributed by atoms with Gasteiger partial charge in [-0.1, -0.05) is 207 Å². The summed E-state index contributed by atoms with van der Waals surface area (Å²) in [6, 6.07) is 93.5. The number of rotatable bonds is 6. The summed E-state index contributed by atoms with van der Waals surface area (Å²) in [4.78, 5) is 43.2. The number of hydrogen-bond donors (Lipinski definition) is 6. The van der Waals surface area contributed by atoms with E-state index in [1.807, 2.05) is 83.4 Å². The predicted molar refractivity (Wildman–Crippen MR) is 638 cm³/mol. The van der Waals surface area contributed by atoms with Crippen LogP contribution in [0.25, 0.3) is 32.3 Å². The number of thioether (sulfide) groups is 1. The third-order valence-corrected chi connectivity index (χ3v) is 35.7. The van der Waals surface area contributed by atoms with Gasteiger partial charge in [0.15, 0.2) is 0 Å². The minimum Gasteiger partial charge on any atom is -0.369 e. The number of hydrogen-bond acceptors (Lipinski definition) is 8. The van der Waals surface area contributed by atoms with Crippen molar-refractivity contribution in [1.82, 2.24) is 0 Å². The first-order valence-corrected chi connectivity index (χ1v) is 57.4. The summed E-state index contributed by atoms with van der Waals surface area (Å²) in [6.07, 6.45) is 18.9. The highest BCUT2D eigenvalue weighted by Crippen LogP contribution is 2.51. The number of anilines is 6. The van der Waals surface area contributed by atoms with Crippen molar-refractivity contribution >= 4 is 246 Å². The summed E-state index contributed by atoms with van der Waals surface area (Å²) in [5.41, 5.74) is 69.3. The lowest BCUT2D eigenvalue weighted by Crippen LogP contribution is -2.38. The number of benzene rings is 15. The van der Waals surface area contributed by atoms with Crippen LogP contribution in [0.5, 0.6) is 0 Å².